The van der Waals surface area contributed by atoms with Crippen LogP contribution in [-0.4, -0.2) is 54.3 Å². The molecule has 5 nitrogen and oxygen atoms in total. The van der Waals surface area contributed by atoms with Gasteiger partial charge in [-0.25, -0.2) is 0 Å². The Morgan fingerprint density at radius 2 is 1.71 bits per heavy atom. The molecule has 5 heteroatoms. The van der Waals surface area contributed by atoms with Crippen LogP contribution < -0.4 is 5.32 Å². The fourth-order valence-electron chi connectivity index (χ4n) is 3.04. The lowest BCUT2D eigenvalue weighted by Gasteiger charge is -2.34. The van der Waals surface area contributed by atoms with Crippen molar-refractivity contribution < 1.29 is 9.59 Å². The number of aryl methyl sites for hydroxylation is 2. The van der Waals surface area contributed by atoms with Gasteiger partial charge < -0.3 is 10.2 Å². The Balaban J connectivity index is 1.79. The average Bonchev–Trinajstić information content (AvgIpc) is 2.57. The van der Waals surface area contributed by atoms with Crippen LogP contribution in [0.4, 0.5) is 5.69 Å². The van der Waals surface area contributed by atoms with E-state index in [0.29, 0.717) is 13.0 Å². The quantitative estimate of drug-likeness (QED) is 0.872. The van der Waals surface area contributed by atoms with Gasteiger partial charge in [0.05, 0.1) is 6.54 Å². The number of hydrogen-bond acceptors (Lipinski definition) is 3. The van der Waals surface area contributed by atoms with Gasteiger partial charge in [-0.1, -0.05) is 31.5 Å². The topological polar surface area (TPSA) is 52.7 Å². The number of amides is 2. The number of hydrogen-bond donors (Lipinski definition) is 1. The molecule has 24 heavy (non-hydrogen) atoms. The second-order valence-corrected chi connectivity index (χ2v) is 6.58. The molecule has 2 amide bonds. The van der Waals surface area contributed by atoms with E-state index in [1.165, 1.54) is 0 Å². The molecule has 1 fully saturated rings. The maximum atomic E-state index is 12.3. The highest BCUT2D eigenvalue weighted by Crippen LogP contribution is 2.19. The second-order valence-electron chi connectivity index (χ2n) is 6.58. The molecule has 0 atom stereocenters. The van der Waals surface area contributed by atoms with Crippen molar-refractivity contribution >= 4 is 17.5 Å². The molecular weight excluding hydrogens is 302 g/mol. The zero-order valence-electron chi connectivity index (χ0n) is 15.1. The minimum absolute atomic E-state index is 0.0122. The van der Waals surface area contributed by atoms with Gasteiger partial charge >= 0.3 is 0 Å². The summed E-state index contributed by atoms with van der Waals surface area (Å²) in [6, 6.07) is 6.00. The molecule has 1 aromatic carbocycles. The molecule has 1 saturated heterocycles. The van der Waals surface area contributed by atoms with E-state index < -0.39 is 0 Å². The van der Waals surface area contributed by atoms with Crippen LogP contribution in [0.5, 0.6) is 0 Å². The van der Waals surface area contributed by atoms with Gasteiger partial charge in [0.2, 0.25) is 11.8 Å². The molecule has 0 aliphatic carbocycles. The Hall–Kier alpha value is -1.88. The maximum Gasteiger partial charge on any atom is 0.238 e. The summed E-state index contributed by atoms with van der Waals surface area (Å²) >= 11 is 0. The van der Waals surface area contributed by atoms with Crippen LogP contribution >= 0.6 is 0 Å². The van der Waals surface area contributed by atoms with Crippen molar-refractivity contribution in [2.75, 3.05) is 38.0 Å². The highest BCUT2D eigenvalue weighted by molar-refractivity contribution is 5.93. The lowest BCUT2D eigenvalue weighted by Crippen LogP contribution is -2.50. The molecule has 0 aromatic heterocycles. The molecule has 0 bridgehead atoms. The largest absolute Gasteiger partial charge is 0.340 e. The Labute approximate surface area is 145 Å². The van der Waals surface area contributed by atoms with Gasteiger partial charge in [0.1, 0.15) is 0 Å². The van der Waals surface area contributed by atoms with Gasteiger partial charge in [0.25, 0.3) is 0 Å². The van der Waals surface area contributed by atoms with E-state index >= 15 is 0 Å². The van der Waals surface area contributed by atoms with Crippen molar-refractivity contribution in [3.8, 4) is 0 Å². The summed E-state index contributed by atoms with van der Waals surface area (Å²) in [5.74, 6) is 0.259. The predicted molar refractivity (Wildman–Crippen MR) is 97.1 cm³/mol. The minimum Gasteiger partial charge on any atom is -0.340 e. The Morgan fingerprint density at radius 1 is 1.08 bits per heavy atom. The van der Waals surface area contributed by atoms with Crippen molar-refractivity contribution in [1.82, 2.24) is 9.80 Å². The van der Waals surface area contributed by atoms with Gasteiger partial charge in [-0.3, -0.25) is 14.5 Å². The molecule has 1 heterocycles. The number of carbonyl (C=O) groups excluding carboxylic acids is 2. The number of piperazine rings is 1. The van der Waals surface area contributed by atoms with Gasteiger partial charge in [-0.15, -0.1) is 0 Å². The third-order valence-electron chi connectivity index (χ3n) is 4.58. The standard InChI is InChI=1S/C19H29N3O2/c1-4-5-9-18(24)22-12-10-21(11-13-22)14-17(23)20-19-15(2)7-6-8-16(19)3/h6-8H,4-5,9-14H2,1-3H3,(H,20,23). The van der Waals surface area contributed by atoms with Crippen LogP contribution in [0.1, 0.15) is 37.3 Å². The first kappa shape index (κ1) is 18.5. The molecule has 2 rings (SSSR count). The SMILES string of the molecule is CCCCC(=O)N1CCN(CC(=O)Nc2c(C)cccc2C)CC1. The van der Waals surface area contributed by atoms with Crippen LogP contribution in [-0.2, 0) is 9.59 Å². The van der Waals surface area contributed by atoms with Gasteiger partial charge in [0, 0.05) is 38.3 Å². The van der Waals surface area contributed by atoms with Crippen molar-refractivity contribution in [3.63, 3.8) is 0 Å². The van der Waals surface area contributed by atoms with Crippen LogP contribution in [0.15, 0.2) is 18.2 Å². The van der Waals surface area contributed by atoms with Crippen LogP contribution in [0.25, 0.3) is 0 Å². The first-order chi connectivity index (χ1) is 11.5. The zero-order valence-corrected chi connectivity index (χ0v) is 15.1. The molecule has 1 aromatic rings. The summed E-state index contributed by atoms with van der Waals surface area (Å²) in [6.07, 6.45) is 2.64. The van der Waals surface area contributed by atoms with Crippen molar-refractivity contribution in [3.05, 3.63) is 29.3 Å². The highest BCUT2D eigenvalue weighted by atomic mass is 16.2. The number of anilines is 1. The number of para-hydroxylation sites is 1. The molecular formula is C19H29N3O2. The molecule has 1 aliphatic rings. The van der Waals surface area contributed by atoms with Crippen LogP contribution in [0, 0.1) is 13.8 Å². The maximum absolute atomic E-state index is 12.3. The number of nitrogens with one attached hydrogen (secondary N) is 1. The summed E-state index contributed by atoms with van der Waals surface area (Å²) < 4.78 is 0. The normalized spacial score (nSPS) is 15.4. The molecule has 1 N–H and O–H groups in total. The summed E-state index contributed by atoms with van der Waals surface area (Å²) in [5.41, 5.74) is 3.07. The minimum atomic E-state index is 0.0122. The number of carbonyl (C=O) groups is 2. The monoisotopic (exact) mass is 331 g/mol. The van der Waals surface area contributed by atoms with E-state index in [4.69, 9.17) is 0 Å². The van der Waals surface area contributed by atoms with Gasteiger partial charge in [-0.05, 0) is 31.4 Å². The first-order valence-electron chi connectivity index (χ1n) is 8.87. The van der Waals surface area contributed by atoms with Crippen LogP contribution in [0.2, 0.25) is 0 Å². The number of rotatable bonds is 6. The predicted octanol–water partition coefficient (Wildman–Crippen LogP) is 2.58. The summed E-state index contributed by atoms with van der Waals surface area (Å²) in [7, 11) is 0. The van der Waals surface area contributed by atoms with Crippen molar-refractivity contribution in [2.45, 2.75) is 40.0 Å². The Kier molecular flexibility index (Phi) is 6.79. The number of unbranched alkanes of at least 4 members (excludes halogenated alkanes) is 1. The molecule has 0 saturated carbocycles. The van der Waals surface area contributed by atoms with Gasteiger partial charge in [-0.2, -0.15) is 0 Å². The molecule has 0 radical (unpaired) electrons. The lowest BCUT2D eigenvalue weighted by atomic mass is 10.1. The Bertz CT molecular complexity index is 558. The van der Waals surface area contributed by atoms with E-state index in [2.05, 4.69) is 17.1 Å². The molecule has 0 unspecified atom stereocenters. The third-order valence-corrected chi connectivity index (χ3v) is 4.58. The smallest absolute Gasteiger partial charge is 0.238 e. The van der Waals surface area contributed by atoms with E-state index in [9.17, 15) is 9.59 Å². The molecule has 1 aliphatic heterocycles. The van der Waals surface area contributed by atoms with E-state index in [0.717, 1.165) is 55.8 Å². The number of nitrogens with zero attached hydrogens (tertiary/aromatic N) is 2. The third kappa shape index (κ3) is 5.06. The molecule has 132 valence electrons. The summed E-state index contributed by atoms with van der Waals surface area (Å²) in [5, 5.41) is 3.03. The Morgan fingerprint density at radius 3 is 2.29 bits per heavy atom. The molecule has 0 spiro atoms. The average molecular weight is 331 g/mol. The summed E-state index contributed by atoms with van der Waals surface area (Å²) in [6.45, 7) is 9.45. The van der Waals surface area contributed by atoms with E-state index in [-0.39, 0.29) is 11.8 Å². The van der Waals surface area contributed by atoms with Crippen molar-refractivity contribution in [1.29, 1.82) is 0 Å². The first-order valence-corrected chi connectivity index (χ1v) is 8.87. The summed E-state index contributed by atoms with van der Waals surface area (Å²) in [4.78, 5) is 28.4. The lowest BCUT2D eigenvalue weighted by molar-refractivity contribution is -0.133. The van der Waals surface area contributed by atoms with E-state index in [1.807, 2.05) is 36.9 Å². The van der Waals surface area contributed by atoms with Gasteiger partial charge in [0.15, 0.2) is 0 Å². The van der Waals surface area contributed by atoms with Crippen LogP contribution in [0.3, 0.4) is 0 Å². The fraction of sp³-hybridized carbons (Fsp3) is 0.579. The van der Waals surface area contributed by atoms with E-state index in [1.54, 1.807) is 0 Å². The second kappa shape index (κ2) is 8.83. The number of benzene rings is 1. The zero-order chi connectivity index (χ0) is 17.5. The highest BCUT2D eigenvalue weighted by Gasteiger charge is 2.22. The fourth-order valence-corrected chi connectivity index (χ4v) is 3.04. The van der Waals surface area contributed by atoms with Crippen molar-refractivity contribution in [2.24, 2.45) is 0 Å².